The van der Waals surface area contributed by atoms with Gasteiger partial charge in [-0.2, -0.15) is 0 Å². The number of hydrogen-bond donors (Lipinski definition) is 0. The third kappa shape index (κ3) is 6.45. The third-order valence-electron chi connectivity index (χ3n) is 4.40. The first kappa shape index (κ1) is 21.1. The van der Waals surface area contributed by atoms with Gasteiger partial charge < -0.3 is 4.79 Å². The fourth-order valence-corrected chi connectivity index (χ4v) is 2.72. The van der Waals surface area contributed by atoms with Crippen molar-refractivity contribution in [1.82, 2.24) is 0 Å². The number of Topliss-reactive ketones (excluding diaryl/α,β-unsaturated/α-hetero) is 1. The third-order valence-corrected chi connectivity index (χ3v) is 4.40. The second-order valence-corrected chi connectivity index (χ2v) is 6.84. The summed E-state index contributed by atoms with van der Waals surface area (Å²) in [6, 6.07) is 11.4. The molecule has 2 aromatic rings. The summed E-state index contributed by atoms with van der Waals surface area (Å²) in [5.74, 6) is 0.233. The first-order valence-corrected chi connectivity index (χ1v) is 9.16. The second kappa shape index (κ2) is 10.1. The Bertz CT molecular complexity index is 701. The molecule has 25 heavy (non-hydrogen) atoms. The highest BCUT2D eigenvalue weighted by Gasteiger charge is 2.12. The average Bonchev–Trinajstić information content (AvgIpc) is 2.56. The van der Waals surface area contributed by atoms with E-state index in [1.807, 2.05) is 19.1 Å². The van der Waals surface area contributed by atoms with Gasteiger partial charge in [0.15, 0.2) is 0 Å². The first-order chi connectivity index (χ1) is 11.8. The van der Waals surface area contributed by atoms with E-state index in [-0.39, 0.29) is 17.5 Å². The molecule has 2 rings (SSSR count). The molecule has 2 aromatic carbocycles. The Morgan fingerprint density at radius 2 is 1.52 bits per heavy atom. The Morgan fingerprint density at radius 3 is 2.00 bits per heavy atom. The highest BCUT2D eigenvalue weighted by atomic mass is 19.1. The molecule has 1 atom stereocenters. The van der Waals surface area contributed by atoms with E-state index >= 15 is 0 Å². The van der Waals surface area contributed by atoms with Crippen molar-refractivity contribution in [2.45, 2.75) is 66.7 Å². The zero-order valence-corrected chi connectivity index (χ0v) is 16.4. The molecule has 1 unspecified atom stereocenters. The molecule has 1 nitrogen and oxygen atoms in total. The quantitative estimate of drug-likeness (QED) is 0.572. The molecular weight excluding hydrogens is 311 g/mol. The monoisotopic (exact) mass is 342 g/mol. The summed E-state index contributed by atoms with van der Waals surface area (Å²) in [6.45, 7) is 11.8. The molecule has 2 heteroatoms. The lowest BCUT2D eigenvalue weighted by molar-refractivity contribution is -0.117. The van der Waals surface area contributed by atoms with Gasteiger partial charge in [0, 0.05) is 6.42 Å². The van der Waals surface area contributed by atoms with Crippen LogP contribution in [0.5, 0.6) is 0 Å². The molecule has 0 aliphatic carbocycles. The number of halogens is 1. The number of hydrogen-bond acceptors (Lipinski definition) is 1. The molecule has 0 saturated carbocycles. The Labute approximate surface area is 152 Å². The van der Waals surface area contributed by atoms with Crippen molar-refractivity contribution < 1.29 is 9.18 Å². The topological polar surface area (TPSA) is 17.1 Å². The largest absolute Gasteiger partial charge is 0.300 e. The van der Waals surface area contributed by atoms with Crippen LogP contribution in [0.25, 0.3) is 11.1 Å². The lowest BCUT2D eigenvalue weighted by Crippen LogP contribution is -2.02. The minimum atomic E-state index is -0.181. The summed E-state index contributed by atoms with van der Waals surface area (Å²) in [4.78, 5) is 11.3. The Morgan fingerprint density at radius 1 is 0.960 bits per heavy atom. The van der Waals surface area contributed by atoms with Gasteiger partial charge in [0.1, 0.15) is 11.6 Å². The number of carbonyl (C=O) groups excluding carboxylic acids is 1. The molecule has 136 valence electrons. The molecule has 0 fully saturated rings. The van der Waals surface area contributed by atoms with Crippen LogP contribution in [0, 0.1) is 19.7 Å². The summed E-state index contributed by atoms with van der Waals surface area (Å²) < 4.78 is 13.7. The van der Waals surface area contributed by atoms with Crippen LogP contribution < -0.4 is 0 Å². The molecule has 0 amide bonds. The molecule has 0 saturated heterocycles. The van der Waals surface area contributed by atoms with E-state index in [9.17, 15) is 9.18 Å². The summed E-state index contributed by atoms with van der Waals surface area (Å²) >= 11 is 0. The summed E-state index contributed by atoms with van der Waals surface area (Å²) in [7, 11) is 0. The van der Waals surface area contributed by atoms with Gasteiger partial charge >= 0.3 is 0 Å². The molecule has 0 spiro atoms. The van der Waals surface area contributed by atoms with Crippen LogP contribution >= 0.6 is 0 Å². The average molecular weight is 342 g/mol. The Kier molecular flexibility index (Phi) is 8.54. The number of carbonyl (C=O) groups is 1. The fraction of sp³-hybridized carbons (Fsp3) is 0.435. The van der Waals surface area contributed by atoms with Crippen molar-refractivity contribution in [3.8, 4) is 11.1 Å². The summed E-state index contributed by atoms with van der Waals surface area (Å²) in [5.41, 5.74) is 4.86. The first-order valence-electron chi connectivity index (χ1n) is 9.16. The number of benzene rings is 2. The molecular formula is C23H31FO. The van der Waals surface area contributed by atoms with Gasteiger partial charge in [-0.05, 0) is 60.6 Å². The van der Waals surface area contributed by atoms with E-state index in [4.69, 9.17) is 0 Å². The smallest absolute Gasteiger partial charge is 0.130 e. The number of ketones is 1. The van der Waals surface area contributed by atoms with Crippen LogP contribution in [-0.2, 0) is 4.79 Å². The predicted molar refractivity (Wildman–Crippen MR) is 106 cm³/mol. The van der Waals surface area contributed by atoms with Crippen LogP contribution in [0.3, 0.4) is 0 Å². The number of rotatable bonds is 5. The molecule has 0 aliphatic rings. The van der Waals surface area contributed by atoms with Crippen molar-refractivity contribution in [3.05, 3.63) is 58.9 Å². The number of unbranched alkanes of at least 4 members (excludes halogenated alkanes) is 1. The van der Waals surface area contributed by atoms with Crippen LogP contribution in [0.1, 0.15) is 69.6 Å². The van der Waals surface area contributed by atoms with E-state index in [2.05, 4.69) is 32.9 Å². The Hall–Kier alpha value is -1.96. The van der Waals surface area contributed by atoms with E-state index in [0.717, 1.165) is 16.7 Å². The molecule has 0 bridgehead atoms. The Balaban J connectivity index is 0.000000705. The minimum Gasteiger partial charge on any atom is -0.300 e. The van der Waals surface area contributed by atoms with Crippen LogP contribution in [-0.4, -0.2) is 5.78 Å². The van der Waals surface area contributed by atoms with Crippen molar-refractivity contribution in [2.24, 2.45) is 0 Å². The molecule has 0 aromatic heterocycles. The lowest BCUT2D eigenvalue weighted by atomic mass is 9.90. The lowest BCUT2D eigenvalue weighted by Gasteiger charge is -2.15. The van der Waals surface area contributed by atoms with Crippen molar-refractivity contribution in [2.75, 3.05) is 0 Å². The van der Waals surface area contributed by atoms with Gasteiger partial charge in [0.25, 0.3) is 0 Å². The van der Waals surface area contributed by atoms with Gasteiger partial charge in [0.05, 0.1) is 0 Å². The van der Waals surface area contributed by atoms with Crippen LogP contribution in [0.15, 0.2) is 36.4 Å². The maximum Gasteiger partial charge on any atom is 0.130 e. The highest BCUT2D eigenvalue weighted by Crippen LogP contribution is 2.28. The zero-order chi connectivity index (χ0) is 19.0. The summed E-state index contributed by atoms with van der Waals surface area (Å²) in [5, 5.41) is 0. The predicted octanol–water partition coefficient (Wildman–Crippen LogP) is 7.00. The van der Waals surface area contributed by atoms with E-state index in [1.165, 1.54) is 18.4 Å². The van der Waals surface area contributed by atoms with Crippen molar-refractivity contribution in [3.63, 3.8) is 0 Å². The molecule has 0 N–H and O–H groups in total. The minimum absolute atomic E-state index is 0.181. The van der Waals surface area contributed by atoms with Gasteiger partial charge in [0.2, 0.25) is 0 Å². The molecule has 0 heterocycles. The van der Waals surface area contributed by atoms with Crippen molar-refractivity contribution in [1.29, 1.82) is 0 Å². The van der Waals surface area contributed by atoms with E-state index < -0.39 is 0 Å². The highest BCUT2D eigenvalue weighted by molar-refractivity contribution is 5.76. The zero-order valence-electron chi connectivity index (χ0n) is 16.4. The van der Waals surface area contributed by atoms with Gasteiger partial charge in [-0.25, -0.2) is 4.39 Å². The van der Waals surface area contributed by atoms with Gasteiger partial charge in [-0.3, -0.25) is 0 Å². The molecule has 0 radical (unpaired) electrons. The number of aryl methyl sites for hydroxylation is 2. The molecule has 0 aliphatic heterocycles. The SMILES string of the molecule is CC(=O)CC(C)c1ccc(-c2ccc(C)c(F)c2)cc1C.CCCC. The van der Waals surface area contributed by atoms with E-state index in [1.54, 1.807) is 26.0 Å². The van der Waals surface area contributed by atoms with E-state index in [0.29, 0.717) is 12.0 Å². The van der Waals surface area contributed by atoms with Crippen LogP contribution in [0.4, 0.5) is 4.39 Å². The maximum absolute atomic E-state index is 13.7. The normalized spacial score (nSPS) is 11.5. The van der Waals surface area contributed by atoms with Gasteiger partial charge in [-0.15, -0.1) is 0 Å². The van der Waals surface area contributed by atoms with Crippen molar-refractivity contribution >= 4 is 5.78 Å². The maximum atomic E-state index is 13.7. The summed E-state index contributed by atoms with van der Waals surface area (Å²) in [6.07, 6.45) is 3.19. The fourth-order valence-electron chi connectivity index (χ4n) is 2.72. The van der Waals surface area contributed by atoms with Crippen LogP contribution in [0.2, 0.25) is 0 Å². The second-order valence-electron chi connectivity index (χ2n) is 6.84. The standard InChI is InChI=1S/C19H21FO.C4H10/c1-12-5-6-17(11-19(12)20)16-7-8-18(14(3)10-16)13(2)9-15(4)21;1-3-4-2/h5-8,10-11,13H,9H2,1-4H3;3-4H2,1-2H3. The van der Waals surface area contributed by atoms with Gasteiger partial charge in [-0.1, -0.05) is 63.9 Å².